The van der Waals surface area contributed by atoms with Gasteiger partial charge in [-0.1, -0.05) is 30.3 Å². The molecular formula is C23H11F3N2O3. The molecule has 1 aliphatic rings. The topological polar surface area (TPSA) is 87.0 Å². The summed E-state index contributed by atoms with van der Waals surface area (Å²) in [5.74, 6) is -1.78. The molecule has 8 heteroatoms. The van der Waals surface area contributed by atoms with Crippen LogP contribution in [-0.4, -0.2) is 17.5 Å². The Morgan fingerprint density at radius 1 is 0.839 bits per heavy atom. The maximum absolute atomic E-state index is 12.9. The summed E-state index contributed by atoms with van der Waals surface area (Å²) in [5.41, 5.74) is -1.01. The van der Waals surface area contributed by atoms with Crippen LogP contribution in [0.2, 0.25) is 0 Å². The molecule has 152 valence electrons. The lowest BCUT2D eigenvalue weighted by atomic mass is 9.83. The SMILES string of the molecule is N#Cc1cc2c(cc1NC(=O)c1cccc(C(F)(F)F)c1)C(=O)c1ccccc1C2=O. The van der Waals surface area contributed by atoms with Crippen molar-refractivity contribution in [3.63, 3.8) is 0 Å². The number of halogens is 3. The molecule has 31 heavy (non-hydrogen) atoms. The van der Waals surface area contributed by atoms with Gasteiger partial charge in [0, 0.05) is 27.8 Å². The normalized spacial score (nSPS) is 12.6. The molecule has 1 N–H and O–H groups in total. The van der Waals surface area contributed by atoms with E-state index in [1.165, 1.54) is 30.3 Å². The number of nitriles is 1. The molecule has 3 aromatic carbocycles. The van der Waals surface area contributed by atoms with Gasteiger partial charge in [-0.15, -0.1) is 0 Å². The number of carbonyl (C=O) groups excluding carboxylic acids is 3. The van der Waals surface area contributed by atoms with Crippen molar-refractivity contribution in [2.45, 2.75) is 6.18 Å². The Hall–Kier alpha value is -4.25. The van der Waals surface area contributed by atoms with Gasteiger partial charge in [0.2, 0.25) is 0 Å². The highest BCUT2D eigenvalue weighted by atomic mass is 19.4. The average molecular weight is 420 g/mol. The van der Waals surface area contributed by atoms with Gasteiger partial charge in [0.05, 0.1) is 16.8 Å². The van der Waals surface area contributed by atoms with Crippen LogP contribution in [0.15, 0.2) is 60.7 Å². The van der Waals surface area contributed by atoms with Gasteiger partial charge in [-0.05, 0) is 30.3 Å². The Balaban J connectivity index is 1.74. The summed E-state index contributed by atoms with van der Waals surface area (Å²) in [4.78, 5) is 38.1. The largest absolute Gasteiger partial charge is 0.416 e. The van der Waals surface area contributed by atoms with E-state index in [-0.39, 0.29) is 39.1 Å². The van der Waals surface area contributed by atoms with Crippen molar-refractivity contribution in [3.05, 3.63) is 99.6 Å². The number of ketones is 2. The Morgan fingerprint density at radius 3 is 2.03 bits per heavy atom. The summed E-state index contributed by atoms with van der Waals surface area (Å²) in [5, 5.41) is 11.8. The lowest BCUT2D eigenvalue weighted by molar-refractivity contribution is -0.137. The van der Waals surface area contributed by atoms with Crippen LogP contribution in [-0.2, 0) is 6.18 Å². The smallest absolute Gasteiger partial charge is 0.321 e. The lowest BCUT2D eigenvalue weighted by Crippen LogP contribution is -2.22. The molecule has 0 spiro atoms. The summed E-state index contributed by atoms with van der Waals surface area (Å²) in [6.07, 6.45) is -4.62. The van der Waals surface area contributed by atoms with E-state index in [9.17, 15) is 32.8 Å². The van der Waals surface area contributed by atoms with Crippen molar-refractivity contribution in [1.82, 2.24) is 0 Å². The van der Waals surface area contributed by atoms with Gasteiger partial charge < -0.3 is 5.32 Å². The molecule has 0 fully saturated rings. The molecule has 3 aromatic rings. The van der Waals surface area contributed by atoms with Gasteiger partial charge in [0.1, 0.15) is 6.07 Å². The molecule has 0 bridgehead atoms. The second kappa shape index (κ2) is 7.22. The number of amides is 1. The molecule has 1 amide bonds. The average Bonchev–Trinajstić information content (AvgIpc) is 2.76. The van der Waals surface area contributed by atoms with E-state index in [0.29, 0.717) is 6.07 Å². The number of benzene rings is 3. The molecule has 1 aliphatic carbocycles. The van der Waals surface area contributed by atoms with Crippen LogP contribution in [0.1, 0.15) is 53.3 Å². The predicted molar refractivity (Wildman–Crippen MR) is 104 cm³/mol. The fraction of sp³-hybridized carbons (Fsp3) is 0.0435. The van der Waals surface area contributed by atoms with Crippen LogP contribution in [0.25, 0.3) is 0 Å². The van der Waals surface area contributed by atoms with E-state index in [2.05, 4.69) is 5.32 Å². The number of nitrogens with one attached hydrogen (secondary N) is 1. The highest BCUT2D eigenvalue weighted by Gasteiger charge is 2.32. The fourth-order valence-corrected chi connectivity index (χ4v) is 3.37. The highest BCUT2D eigenvalue weighted by molar-refractivity contribution is 6.29. The highest BCUT2D eigenvalue weighted by Crippen LogP contribution is 2.32. The Kier molecular flexibility index (Phi) is 4.67. The molecule has 0 atom stereocenters. The maximum atomic E-state index is 12.9. The number of hydrogen-bond acceptors (Lipinski definition) is 4. The van der Waals surface area contributed by atoms with Crippen LogP contribution in [0.3, 0.4) is 0 Å². The Labute approximate surface area is 173 Å². The Bertz CT molecular complexity index is 1320. The van der Waals surface area contributed by atoms with Crippen LogP contribution >= 0.6 is 0 Å². The van der Waals surface area contributed by atoms with Crippen LogP contribution in [0.5, 0.6) is 0 Å². The van der Waals surface area contributed by atoms with E-state index in [1.54, 1.807) is 12.1 Å². The monoisotopic (exact) mass is 420 g/mol. The summed E-state index contributed by atoms with van der Waals surface area (Å²) < 4.78 is 38.8. The van der Waals surface area contributed by atoms with Gasteiger partial charge in [0.15, 0.2) is 11.6 Å². The molecular weight excluding hydrogens is 409 g/mol. The maximum Gasteiger partial charge on any atom is 0.416 e. The van der Waals surface area contributed by atoms with Gasteiger partial charge in [-0.3, -0.25) is 14.4 Å². The molecule has 4 rings (SSSR count). The van der Waals surface area contributed by atoms with Gasteiger partial charge in [-0.25, -0.2) is 0 Å². The number of nitrogens with zero attached hydrogens (tertiary/aromatic N) is 1. The standard InChI is InChI=1S/C23H11F3N2O3/c24-23(25,26)14-5-3-4-12(8-14)22(31)28-19-10-18-17(9-13(19)11-27)20(29)15-6-1-2-7-16(15)21(18)30/h1-10H,(H,28,31). The van der Waals surface area contributed by atoms with E-state index in [1.807, 2.05) is 6.07 Å². The zero-order valence-corrected chi connectivity index (χ0v) is 15.6. The zero-order valence-electron chi connectivity index (χ0n) is 15.6. The third-order valence-corrected chi connectivity index (χ3v) is 4.88. The third kappa shape index (κ3) is 3.46. The molecule has 0 radical (unpaired) electrons. The van der Waals surface area contributed by atoms with Crippen LogP contribution in [0.4, 0.5) is 18.9 Å². The van der Waals surface area contributed by atoms with E-state index in [0.717, 1.165) is 12.1 Å². The molecule has 0 aromatic heterocycles. The van der Waals surface area contributed by atoms with E-state index >= 15 is 0 Å². The quantitative estimate of drug-likeness (QED) is 0.513. The number of fused-ring (bicyclic) bond motifs is 2. The number of anilines is 1. The van der Waals surface area contributed by atoms with Crippen molar-refractivity contribution >= 4 is 23.2 Å². The van der Waals surface area contributed by atoms with Crippen molar-refractivity contribution < 1.29 is 27.6 Å². The summed E-state index contributed by atoms with van der Waals surface area (Å²) >= 11 is 0. The molecule has 5 nitrogen and oxygen atoms in total. The minimum atomic E-state index is -4.62. The first-order chi connectivity index (χ1) is 14.7. The first kappa shape index (κ1) is 20.0. The second-order valence-electron chi connectivity index (χ2n) is 6.79. The number of alkyl halides is 3. The van der Waals surface area contributed by atoms with E-state index in [4.69, 9.17) is 0 Å². The molecule has 0 aliphatic heterocycles. The second-order valence-corrected chi connectivity index (χ2v) is 6.79. The lowest BCUT2D eigenvalue weighted by Gasteiger charge is -2.19. The minimum absolute atomic E-state index is 0.00189. The van der Waals surface area contributed by atoms with Crippen molar-refractivity contribution in [2.24, 2.45) is 0 Å². The number of rotatable bonds is 2. The van der Waals surface area contributed by atoms with Gasteiger partial charge in [0.25, 0.3) is 5.91 Å². The van der Waals surface area contributed by atoms with Crippen molar-refractivity contribution in [1.29, 1.82) is 5.26 Å². The van der Waals surface area contributed by atoms with Gasteiger partial charge >= 0.3 is 6.18 Å². The van der Waals surface area contributed by atoms with Crippen LogP contribution < -0.4 is 5.32 Å². The van der Waals surface area contributed by atoms with Crippen molar-refractivity contribution in [2.75, 3.05) is 5.32 Å². The van der Waals surface area contributed by atoms with Crippen molar-refractivity contribution in [3.8, 4) is 6.07 Å². The first-order valence-electron chi connectivity index (χ1n) is 8.96. The summed E-state index contributed by atoms with van der Waals surface area (Å²) in [6.45, 7) is 0. The molecule has 0 saturated heterocycles. The first-order valence-corrected chi connectivity index (χ1v) is 8.96. The fourth-order valence-electron chi connectivity index (χ4n) is 3.37. The molecule has 0 heterocycles. The summed E-state index contributed by atoms with van der Waals surface area (Å²) in [7, 11) is 0. The number of carbonyl (C=O) groups is 3. The van der Waals surface area contributed by atoms with Gasteiger partial charge in [-0.2, -0.15) is 18.4 Å². The third-order valence-electron chi connectivity index (χ3n) is 4.88. The zero-order chi connectivity index (χ0) is 22.3. The Morgan fingerprint density at radius 2 is 1.45 bits per heavy atom. The number of hydrogen-bond donors (Lipinski definition) is 1. The van der Waals surface area contributed by atoms with Crippen LogP contribution in [0, 0.1) is 11.3 Å². The molecule has 0 saturated carbocycles. The van der Waals surface area contributed by atoms with E-state index < -0.39 is 29.2 Å². The minimum Gasteiger partial charge on any atom is -0.321 e. The molecule has 0 unspecified atom stereocenters. The summed E-state index contributed by atoms with van der Waals surface area (Å²) in [6, 6.07) is 14.3. The predicted octanol–water partition coefficient (Wildman–Crippen LogP) is 4.60.